The fourth-order valence-electron chi connectivity index (χ4n) is 1.55. The van der Waals surface area contributed by atoms with Gasteiger partial charge in [-0.3, -0.25) is 9.89 Å². The third kappa shape index (κ3) is 3.33. The van der Waals surface area contributed by atoms with Crippen LogP contribution in [0, 0.1) is 0 Å². The predicted molar refractivity (Wildman–Crippen MR) is 73.0 cm³/mol. The van der Waals surface area contributed by atoms with Crippen LogP contribution in [0.3, 0.4) is 0 Å². The standard InChI is InChI=1S/C13H14ClN3O2/c1-8(7-18)15-13(19)12-6-11(16-17-12)9-2-4-10(14)5-3-9/h2-6,8,18H,7H2,1H3,(H,15,19)(H,16,17). The van der Waals surface area contributed by atoms with E-state index in [0.717, 1.165) is 5.56 Å². The molecule has 0 saturated carbocycles. The largest absolute Gasteiger partial charge is 0.394 e. The molecule has 1 heterocycles. The monoisotopic (exact) mass is 279 g/mol. The van der Waals surface area contributed by atoms with Gasteiger partial charge in [-0.15, -0.1) is 0 Å². The Hall–Kier alpha value is -1.85. The number of carbonyl (C=O) groups excluding carboxylic acids is 1. The van der Waals surface area contributed by atoms with E-state index in [1.807, 2.05) is 12.1 Å². The average Bonchev–Trinajstić information content (AvgIpc) is 2.89. The lowest BCUT2D eigenvalue weighted by molar-refractivity contribution is 0.0917. The van der Waals surface area contributed by atoms with Gasteiger partial charge in [0.05, 0.1) is 12.3 Å². The van der Waals surface area contributed by atoms with E-state index in [0.29, 0.717) is 16.4 Å². The van der Waals surface area contributed by atoms with Crippen molar-refractivity contribution in [3.8, 4) is 11.3 Å². The highest BCUT2D eigenvalue weighted by Gasteiger charge is 2.12. The number of hydrogen-bond donors (Lipinski definition) is 3. The molecule has 0 aliphatic heterocycles. The van der Waals surface area contributed by atoms with Crippen molar-refractivity contribution in [2.24, 2.45) is 0 Å². The van der Waals surface area contributed by atoms with Crippen molar-refractivity contribution >= 4 is 17.5 Å². The first-order valence-electron chi connectivity index (χ1n) is 5.83. The summed E-state index contributed by atoms with van der Waals surface area (Å²) in [5, 5.41) is 18.9. The lowest BCUT2D eigenvalue weighted by Crippen LogP contribution is -2.35. The van der Waals surface area contributed by atoms with Crippen molar-refractivity contribution in [3.05, 3.63) is 41.0 Å². The molecule has 0 spiro atoms. The summed E-state index contributed by atoms with van der Waals surface area (Å²) in [6.07, 6.45) is 0. The molecule has 0 radical (unpaired) electrons. The SMILES string of the molecule is CC(CO)NC(=O)c1cc(-c2ccc(Cl)cc2)n[nH]1. The summed E-state index contributed by atoms with van der Waals surface area (Å²) in [4.78, 5) is 11.8. The zero-order valence-electron chi connectivity index (χ0n) is 10.4. The van der Waals surface area contributed by atoms with Crippen molar-refractivity contribution in [1.29, 1.82) is 0 Å². The molecule has 3 N–H and O–H groups in total. The number of H-pyrrole nitrogens is 1. The molecule has 19 heavy (non-hydrogen) atoms. The third-order valence-corrected chi connectivity index (χ3v) is 2.87. The summed E-state index contributed by atoms with van der Waals surface area (Å²) in [6.45, 7) is 1.61. The third-order valence-electron chi connectivity index (χ3n) is 2.61. The average molecular weight is 280 g/mol. The van der Waals surface area contributed by atoms with Gasteiger partial charge in [-0.1, -0.05) is 23.7 Å². The topological polar surface area (TPSA) is 78.0 Å². The van der Waals surface area contributed by atoms with Gasteiger partial charge in [0.1, 0.15) is 5.69 Å². The molecule has 0 aliphatic carbocycles. The van der Waals surface area contributed by atoms with Gasteiger partial charge in [0.15, 0.2) is 0 Å². The molecule has 1 atom stereocenters. The number of aromatic nitrogens is 2. The van der Waals surface area contributed by atoms with Crippen LogP contribution < -0.4 is 5.32 Å². The van der Waals surface area contributed by atoms with E-state index in [1.165, 1.54) is 0 Å². The second-order valence-electron chi connectivity index (χ2n) is 4.23. The maximum Gasteiger partial charge on any atom is 0.269 e. The Kier molecular flexibility index (Phi) is 4.19. The molecule has 2 rings (SSSR count). The Balaban J connectivity index is 2.15. The van der Waals surface area contributed by atoms with E-state index in [-0.39, 0.29) is 18.6 Å². The number of nitrogens with one attached hydrogen (secondary N) is 2. The number of carbonyl (C=O) groups is 1. The number of amides is 1. The van der Waals surface area contributed by atoms with Gasteiger partial charge in [0.25, 0.3) is 5.91 Å². The molecule has 1 amide bonds. The summed E-state index contributed by atoms with van der Waals surface area (Å²) in [7, 11) is 0. The summed E-state index contributed by atoms with van der Waals surface area (Å²) >= 11 is 5.81. The quantitative estimate of drug-likeness (QED) is 0.799. The Labute approximate surface area is 115 Å². The minimum atomic E-state index is -0.297. The van der Waals surface area contributed by atoms with Gasteiger partial charge < -0.3 is 10.4 Å². The van der Waals surface area contributed by atoms with Crippen molar-refractivity contribution in [3.63, 3.8) is 0 Å². The maximum atomic E-state index is 11.8. The number of benzene rings is 1. The minimum Gasteiger partial charge on any atom is -0.394 e. The summed E-state index contributed by atoms with van der Waals surface area (Å²) in [5.41, 5.74) is 1.89. The van der Waals surface area contributed by atoms with E-state index in [2.05, 4.69) is 15.5 Å². The predicted octanol–water partition coefficient (Wildman–Crippen LogP) is 1.84. The minimum absolute atomic E-state index is 0.107. The smallest absolute Gasteiger partial charge is 0.269 e. The molecule has 0 bridgehead atoms. The molecule has 100 valence electrons. The number of nitrogens with zero attached hydrogens (tertiary/aromatic N) is 1. The lowest BCUT2D eigenvalue weighted by Gasteiger charge is -2.08. The second-order valence-corrected chi connectivity index (χ2v) is 4.67. The molecular weight excluding hydrogens is 266 g/mol. The van der Waals surface area contributed by atoms with Crippen LogP contribution in [0.2, 0.25) is 5.02 Å². The number of hydrogen-bond acceptors (Lipinski definition) is 3. The van der Waals surface area contributed by atoms with Crippen LogP contribution in [0.5, 0.6) is 0 Å². The molecule has 6 heteroatoms. The zero-order valence-corrected chi connectivity index (χ0v) is 11.1. The van der Waals surface area contributed by atoms with Crippen LogP contribution in [0.1, 0.15) is 17.4 Å². The van der Waals surface area contributed by atoms with Gasteiger partial charge >= 0.3 is 0 Å². The zero-order chi connectivity index (χ0) is 13.8. The number of aliphatic hydroxyl groups is 1. The van der Waals surface area contributed by atoms with Gasteiger partial charge in [-0.05, 0) is 25.1 Å². The Morgan fingerprint density at radius 3 is 2.79 bits per heavy atom. The molecule has 0 aliphatic rings. The highest BCUT2D eigenvalue weighted by molar-refractivity contribution is 6.30. The fraction of sp³-hybridized carbons (Fsp3) is 0.231. The van der Waals surface area contributed by atoms with Gasteiger partial charge in [0.2, 0.25) is 0 Å². The molecular formula is C13H14ClN3O2. The number of rotatable bonds is 4. The van der Waals surface area contributed by atoms with E-state index < -0.39 is 0 Å². The normalized spacial score (nSPS) is 12.2. The highest BCUT2D eigenvalue weighted by atomic mass is 35.5. The number of aromatic amines is 1. The molecule has 1 unspecified atom stereocenters. The first-order chi connectivity index (χ1) is 9.10. The molecule has 1 aromatic carbocycles. The summed E-state index contributed by atoms with van der Waals surface area (Å²) in [5.74, 6) is -0.297. The van der Waals surface area contributed by atoms with Gasteiger partial charge in [-0.25, -0.2) is 0 Å². The van der Waals surface area contributed by atoms with Crippen LogP contribution >= 0.6 is 11.6 Å². The van der Waals surface area contributed by atoms with E-state index in [1.54, 1.807) is 25.1 Å². The van der Waals surface area contributed by atoms with Crippen molar-refractivity contribution < 1.29 is 9.90 Å². The van der Waals surface area contributed by atoms with Crippen LogP contribution in [-0.4, -0.2) is 33.9 Å². The van der Waals surface area contributed by atoms with Crippen LogP contribution in [-0.2, 0) is 0 Å². The van der Waals surface area contributed by atoms with Crippen molar-refractivity contribution in [2.75, 3.05) is 6.61 Å². The molecule has 1 aromatic heterocycles. The van der Waals surface area contributed by atoms with Gasteiger partial charge in [0, 0.05) is 16.6 Å². The second kappa shape index (κ2) is 5.86. The molecule has 5 nitrogen and oxygen atoms in total. The van der Waals surface area contributed by atoms with E-state index >= 15 is 0 Å². The van der Waals surface area contributed by atoms with Crippen LogP contribution in [0.25, 0.3) is 11.3 Å². The summed E-state index contributed by atoms with van der Waals surface area (Å²) < 4.78 is 0. The van der Waals surface area contributed by atoms with Crippen molar-refractivity contribution in [1.82, 2.24) is 15.5 Å². The van der Waals surface area contributed by atoms with Gasteiger partial charge in [-0.2, -0.15) is 5.10 Å². The Morgan fingerprint density at radius 1 is 1.47 bits per heavy atom. The van der Waals surface area contributed by atoms with Crippen LogP contribution in [0.4, 0.5) is 0 Å². The molecule has 0 saturated heterocycles. The van der Waals surface area contributed by atoms with Crippen LogP contribution in [0.15, 0.2) is 30.3 Å². The number of halogens is 1. The number of aliphatic hydroxyl groups excluding tert-OH is 1. The first-order valence-corrected chi connectivity index (χ1v) is 6.21. The molecule has 0 fully saturated rings. The van der Waals surface area contributed by atoms with E-state index in [4.69, 9.17) is 16.7 Å². The van der Waals surface area contributed by atoms with Crippen molar-refractivity contribution in [2.45, 2.75) is 13.0 Å². The first kappa shape index (κ1) is 13.6. The fourth-order valence-corrected chi connectivity index (χ4v) is 1.68. The lowest BCUT2D eigenvalue weighted by atomic mass is 10.1. The molecule has 2 aromatic rings. The highest BCUT2D eigenvalue weighted by Crippen LogP contribution is 2.20. The Morgan fingerprint density at radius 2 is 2.16 bits per heavy atom. The van der Waals surface area contributed by atoms with E-state index in [9.17, 15) is 4.79 Å². The Bertz CT molecular complexity index is 566. The summed E-state index contributed by atoms with van der Waals surface area (Å²) in [6, 6.07) is 8.54. The maximum absolute atomic E-state index is 11.8.